The summed E-state index contributed by atoms with van der Waals surface area (Å²) in [5.74, 6) is -1.16. The Morgan fingerprint density at radius 3 is 2.79 bits per heavy atom. The fourth-order valence-electron chi connectivity index (χ4n) is 1.85. The summed E-state index contributed by atoms with van der Waals surface area (Å²) in [6, 6.07) is 5.48. The number of imidazole rings is 1. The average Bonchev–Trinajstić information content (AvgIpc) is 2.70. The molecular weight excluding hydrogens is 318 g/mol. The van der Waals surface area contributed by atoms with Crippen LogP contribution in [-0.2, 0) is 0 Å². The number of pyridine rings is 1. The van der Waals surface area contributed by atoms with E-state index < -0.39 is 11.6 Å². The summed E-state index contributed by atoms with van der Waals surface area (Å²) in [6.07, 6.45) is 1.53. The van der Waals surface area contributed by atoms with Gasteiger partial charge in [-0.3, -0.25) is 4.57 Å². The molecule has 0 unspecified atom stereocenters. The van der Waals surface area contributed by atoms with Crippen molar-refractivity contribution in [2.45, 2.75) is 0 Å². The van der Waals surface area contributed by atoms with Gasteiger partial charge in [0.15, 0.2) is 5.65 Å². The fraction of sp³-hybridized carbons (Fsp3) is 0. The first-order chi connectivity index (χ1) is 9.08. The summed E-state index contributed by atoms with van der Waals surface area (Å²) in [4.78, 5) is 8.15. The molecule has 2 heterocycles. The summed E-state index contributed by atoms with van der Waals surface area (Å²) in [5, 5.41) is 0. The van der Waals surface area contributed by atoms with E-state index in [1.165, 1.54) is 10.8 Å². The van der Waals surface area contributed by atoms with Crippen LogP contribution >= 0.6 is 15.9 Å². The lowest BCUT2D eigenvalue weighted by Crippen LogP contribution is -2.04. The summed E-state index contributed by atoms with van der Waals surface area (Å²) in [6.45, 7) is 0. The molecule has 0 aliphatic carbocycles. The van der Waals surface area contributed by atoms with Crippen molar-refractivity contribution in [2.24, 2.45) is 0 Å². The quantitative estimate of drug-likeness (QED) is 0.700. The Morgan fingerprint density at radius 1 is 1.21 bits per heavy atom. The van der Waals surface area contributed by atoms with Crippen LogP contribution in [0.5, 0.6) is 0 Å². The van der Waals surface area contributed by atoms with Gasteiger partial charge in [-0.15, -0.1) is 0 Å². The van der Waals surface area contributed by atoms with E-state index in [2.05, 4.69) is 25.9 Å². The van der Waals surface area contributed by atoms with Crippen molar-refractivity contribution < 1.29 is 8.78 Å². The van der Waals surface area contributed by atoms with Crippen molar-refractivity contribution in [3.05, 3.63) is 46.6 Å². The van der Waals surface area contributed by atoms with Gasteiger partial charge in [0.05, 0.1) is 10.2 Å². The second-order valence-electron chi connectivity index (χ2n) is 3.87. The van der Waals surface area contributed by atoms with Gasteiger partial charge in [0.1, 0.15) is 17.2 Å². The Kier molecular flexibility index (Phi) is 2.70. The molecule has 0 saturated carbocycles. The molecule has 0 radical (unpaired) electrons. The molecule has 3 aromatic rings. The van der Waals surface area contributed by atoms with Gasteiger partial charge in [0.25, 0.3) is 0 Å². The van der Waals surface area contributed by atoms with Crippen molar-refractivity contribution in [1.82, 2.24) is 14.5 Å². The summed E-state index contributed by atoms with van der Waals surface area (Å²) >= 11 is 2.92. The van der Waals surface area contributed by atoms with E-state index in [9.17, 15) is 8.78 Å². The third-order valence-corrected chi connectivity index (χ3v) is 3.28. The molecule has 4 nitrogen and oxygen atoms in total. The number of nitrogens with zero attached hydrogens (tertiary/aromatic N) is 3. The van der Waals surface area contributed by atoms with Crippen molar-refractivity contribution in [2.75, 3.05) is 5.73 Å². The van der Waals surface area contributed by atoms with Crippen LogP contribution < -0.4 is 5.73 Å². The van der Waals surface area contributed by atoms with Gasteiger partial charge in [-0.1, -0.05) is 0 Å². The molecule has 96 valence electrons. The minimum atomic E-state index is -0.620. The van der Waals surface area contributed by atoms with E-state index in [-0.39, 0.29) is 16.1 Å². The molecular formula is C12H7BrF2N4. The lowest BCUT2D eigenvalue weighted by Gasteiger charge is -2.08. The molecule has 7 heteroatoms. The number of nitrogens with two attached hydrogens (primary N) is 1. The second kappa shape index (κ2) is 4.27. The van der Waals surface area contributed by atoms with Crippen molar-refractivity contribution >= 4 is 33.0 Å². The number of benzene rings is 1. The first-order valence-corrected chi connectivity index (χ1v) is 6.11. The minimum absolute atomic E-state index is 0.0283. The predicted molar refractivity (Wildman–Crippen MR) is 70.9 cm³/mol. The minimum Gasteiger partial charge on any atom is -0.369 e. The van der Waals surface area contributed by atoms with E-state index >= 15 is 0 Å². The second-order valence-corrected chi connectivity index (χ2v) is 4.72. The fourth-order valence-corrected chi connectivity index (χ4v) is 2.17. The van der Waals surface area contributed by atoms with Gasteiger partial charge in [-0.05, 0) is 34.1 Å². The van der Waals surface area contributed by atoms with Crippen LogP contribution in [0, 0.1) is 11.6 Å². The maximum atomic E-state index is 14.0. The van der Waals surface area contributed by atoms with Gasteiger partial charge in [0, 0.05) is 12.3 Å². The Morgan fingerprint density at radius 2 is 2.00 bits per heavy atom. The molecule has 0 bridgehead atoms. The van der Waals surface area contributed by atoms with Crippen LogP contribution in [0.3, 0.4) is 0 Å². The number of aromatic nitrogens is 3. The van der Waals surface area contributed by atoms with Gasteiger partial charge in [-0.25, -0.2) is 18.7 Å². The number of fused-ring (bicyclic) bond motifs is 1. The Balaban J connectivity index is 2.36. The number of hydrogen-bond acceptors (Lipinski definition) is 3. The SMILES string of the molecule is Nc1nc2cccnc2n1-c1cc(F)c(Br)cc1F. The first kappa shape index (κ1) is 12.0. The highest BCUT2D eigenvalue weighted by atomic mass is 79.9. The lowest BCUT2D eigenvalue weighted by atomic mass is 10.3. The molecule has 0 aliphatic rings. The zero-order chi connectivity index (χ0) is 13.6. The maximum Gasteiger partial charge on any atom is 0.207 e. The third-order valence-electron chi connectivity index (χ3n) is 2.67. The Hall–Kier alpha value is -2.02. The topological polar surface area (TPSA) is 56.7 Å². The molecule has 0 saturated heterocycles. The first-order valence-electron chi connectivity index (χ1n) is 5.32. The smallest absolute Gasteiger partial charge is 0.207 e. The van der Waals surface area contributed by atoms with Gasteiger partial charge >= 0.3 is 0 Å². The summed E-state index contributed by atoms with van der Waals surface area (Å²) < 4.78 is 28.9. The number of halogens is 3. The van der Waals surface area contributed by atoms with E-state index in [0.29, 0.717) is 11.2 Å². The predicted octanol–water partition coefficient (Wildman–Crippen LogP) is 3.04. The van der Waals surface area contributed by atoms with E-state index in [1.807, 2.05) is 0 Å². The van der Waals surface area contributed by atoms with Crippen molar-refractivity contribution in [1.29, 1.82) is 0 Å². The largest absolute Gasteiger partial charge is 0.369 e. The van der Waals surface area contributed by atoms with Crippen LogP contribution in [-0.4, -0.2) is 14.5 Å². The van der Waals surface area contributed by atoms with Gasteiger partial charge < -0.3 is 5.73 Å². The van der Waals surface area contributed by atoms with E-state index in [0.717, 1.165) is 12.1 Å². The van der Waals surface area contributed by atoms with Crippen LogP contribution in [0.2, 0.25) is 0 Å². The maximum absolute atomic E-state index is 14.0. The molecule has 0 spiro atoms. The van der Waals surface area contributed by atoms with Crippen molar-refractivity contribution in [3.8, 4) is 5.69 Å². The molecule has 3 rings (SSSR count). The average molecular weight is 325 g/mol. The third kappa shape index (κ3) is 1.86. The highest BCUT2D eigenvalue weighted by molar-refractivity contribution is 9.10. The standard InChI is InChI=1S/C12H7BrF2N4/c13-6-4-8(15)10(5-7(6)14)19-11-9(18-12(19)16)2-1-3-17-11/h1-5H,(H2,16,18). The zero-order valence-corrected chi connectivity index (χ0v) is 11.0. The van der Waals surface area contributed by atoms with Crippen molar-refractivity contribution in [3.63, 3.8) is 0 Å². The molecule has 0 atom stereocenters. The summed E-state index contributed by atoms with van der Waals surface area (Å²) in [5.41, 5.74) is 6.62. The van der Waals surface area contributed by atoms with Crippen LogP contribution in [0.25, 0.3) is 16.9 Å². The molecule has 1 aromatic carbocycles. The molecule has 2 N–H and O–H groups in total. The molecule has 0 amide bonds. The number of anilines is 1. The normalized spacial score (nSPS) is 11.1. The van der Waals surface area contributed by atoms with E-state index in [1.54, 1.807) is 12.1 Å². The van der Waals surface area contributed by atoms with Gasteiger partial charge in [-0.2, -0.15) is 0 Å². The Labute approximate surface area is 115 Å². The molecule has 19 heavy (non-hydrogen) atoms. The van der Waals surface area contributed by atoms with E-state index in [4.69, 9.17) is 5.73 Å². The number of hydrogen-bond donors (Lipinski definition) is 1. The Bertz CT molecular complexity index is 785. The zero-order valence-electron chi connectivity index (χ0n) is 9.44. The highest BCUT2D eigenvalue weighted by Gasteiger charge is 2.16. The molecule has 2 aromatic heterocycles. The van der Waals surface area contributed by atoms with Gasteiger partial charge in [0.2, 0.25) is 5.95 Å². The molecule has 0 aliphatic heterocycles. The van der Waals surface area contributed by atoms with Crippen LogP contribution in [0.15, 0.2) is 34.9 Å². The summed E-state index contributed by atoms with van der Waals surface area (Å²) in [7, 11) is 0. The number of nitrogen functional groups attached to an aromatic ring is 1. The van der Waals surface area contributed by atoms with Crippen LogP contribution in [0.1, 0.15) is 0 Å². The molecule has 0 fully saturated rings. The monoisotopic (exact) mass is 324 g/mol. The lowest BCUT2D eigenvalue weighted by molar-refractivity contribution is 0.588. The number of rotatable bonds is 1. The van der Waals surface area contributed by atoms with Crippen LogP contribution in [0.4, 0.5) is 14.7 Å². The highest BCUT2D eigenvalue weighted by Crippen LogP contribution is 2.27.